The fourth-order valence-corrected chi connectivity index (χ4v) is 4.26. The molecule has 168 valence electrons. The van der Waals surface area contributed by atoms with E-state index in [9.17, 15) is 18.7 Å². The van der Waals surface area contributed by atoms with Crippen LogP contribution in [0.25, 0.3) is 0 Å². The number of hydrogen-bond acceptors (Lipinski definition) is 3. The van der Waals surface area contributed by atoms with Gasteiger partial charge in [-0.05, 0) is 66.5 Å². The molecular weight excluding hydrogens is 398 g/mol. The van der Waals surface area contributed by atoms with E-state index >= 15 is 0 Å². The standard InChI is InChI=1S/C25H32F2N2O2/c1-3-16-8-9-18-6-5-7-22(21(18)12-16)28-15-24(30)23(29-25(31)4-2)13-17-10-19(26)14-20(27)11-17/h8-12,14,22-24,28,30H,3-7,13,15H2,1-2H3,(H,29,31). The fourth-order valence-electron chi connectivity index (χ4n) is 4.26. The smallest absolute Gasteiger partial charge is 0.220 e. The number of rotatable bonds is 9. The molecule has 0 saturated heterocycles. The van der Waals surface area contributed by atoms with Crippen LogP contribution in [0.4, 0.5) is 8.78 Å². The maximum Gasteiger partial charge on any atom is 0.220 e. The van der Waals surface area contributed by atoms with Gasteiger partial charge in [0, 0.05) is 25.1 Å². The van der Waals surface area contributed by atoms with Crippen LogP contribution in [0.3, 0.4) is 0 Å². The number of amides is 1. The number of halogens is 2. The van der Waals surface area contributed by atoms with Gasteiger partial charge in [0.1, 0.15) is 11.6 Å². The number of hydrogen-bond donors (Lipinski definition) is 3. The van der Waals surface area contributed by atoms with E-state index in [1.807, 2.05) is 0 Å². The summed E-state index contributed by atoms with van der Waals surface area (Å²) in [5.41, 5.74) is 4.29. The highest BCUT2D eigenvalue weighted by atomic mass is 19.1. The Bertz CT molecular complexity index is 883. The number of aliphatic hydroxyl groups is 1. The SMILES string of the molecule is CCC(=O)NC(Cc1cc(F)cc(F)c1)C(O)CNC1CCCc2ccc(CC)cc21. The van der Waals surface area contributed by atoms with Crippen molar-refractivity contribution in [3.05, 3.63) is 70.3 Å². The number of aliphatic hydroxyl groups excluding tert-OH is 1. The lowest BCUT2D eigenvalue weighted by molar-refractivity contribution is -0.122. The van der Waals surface area contributed by atoms with Gasteiger partial charge in [-0.3, -0.25) is 4.79 Å². The third kappa shape index (κ3) is 6.34. The Hall–Kier alpha value is -2.31. The lowest BCUT2D eigenvalue weighted by atomic mass is 9.86. The monoisotopic (exact) mass is 430 g/mol. The van der Waals surface area contributed by atoms with E-state index in [1.165, 1.54) is 28.8 Å². The Morgan fingerprint density at radius 3 is 2.55 bits per heavy atom. The summed E-state index contributed by atoms with van der Waals surface area (Å²) >= 11 is 0. The lowest BCUT2D eigenvalue weighted by Gasteiger charge is -2.30. The van der Waals surface area contributed by atoms with E-state index in [0.717, 1.165) is 31.7 Å². The summed E-state index contributed by atoms with van der Waals surface area (Å²) in [5, 5.41) is 17.1. The molecule has 0 heterocycles. The minimum atomic E-state index is -0.901. The largest absolute Gasteiger partial charge is 0.390 e. The molecule has 3 N–H and O–H groups in total. The van der Waals surface area contributed by atoms with Gasteiger partial charge >= 0.3 is 0 Å². The summed E-state index contributed by atoms with van der Waals surface area (Å²) in [5.74, 6) is -1.56. The Morgan fingerprint density at radius 1 is 1.13 bits per heavy atom. The maximum atomic E-state index is 13.6. The highest BCUT2D eigenvalue weighted by molar-refractivity contribution is 5.75. The number of aryl methyl sites for hydroxylation is 2. The van der Waals surface area contributed by atoms with E-state index in [2.05, 4.69) is 35.8 Å². The Morgan fingerprint density at radius 2 is 1.87 bits per heavy atom. The van der Waals surface area contributed by atoms with Crippen molar-refractivity contribution >= 4 is 5.91 Å². The van der Waals surface area contributed by atoms with Gasteiger partial charge in [-0.1, -0.05) is 32.0 Å². The third-order valence-electron chi connectivity index (χ3n) is 6.02. The topological polar surface area (TPSA) is 61.4 Å². The van der Waals surface area contributed by atoms with Crippen molar-refractivity contribution in [2.24, 2.45) is 0 Å². The van der Waals surface area contributed by atoms with E-state index < -0.39 is 23.8 Å². The van der Waals surface area contributed by atoms with Crippen molar-refractivity contribution < 1.29 is 18.7 Å². The second kappa shape index (κ2) is 10.8. The molecule has 6 heteroatoms. The number of nitrogens with one attached hydrogen (secondary N) is 2. The average Bonchev–Trinajstić information content (AvgIpc) is 2.75. The van der Waals surface area contributed by atoms with Gasteiger partial charge in [-0.25, -0.2) is 8.78 Å². The highest BCUT2D eigenvalue weighted by Crippen LogP contribution is 2.30. The van der Waals surface area contributed by atoms with Crippen LogP contribution in [0.15, 0.2) is 36.4 Å². The van der Waals surface area contributed by atoms with Gasteiger partial charge in [0.05, 0.1) is 12.1 Å². The van der Waals surface area contributed by atoms with E-state index in [1.54, 1.807) is 6.92 Å². The van der Waals surface area contributed by atoms with Gasteiger partial charge in [0.25, 0.3) is 0 Å². The predicted molar refractivity (Wildman–Crippen MR) is 118 cm³/mol. The maximum absolute atomic E-state index is 13.6. The van der Waals surface area contributed by atoms with Crippen molar-refractivity contribution in [3.8, 4) is 0 Å². The molecule has 0 spiro atoms. The summed E-state index contributed by atoms with van der Waals surface area (Å²) in [6.45, 7) is 4.13. The molecule has 0 fully saturated rings. The first-order valence-electron chi connectivity index (χ1n) is 11.2. The minimum absolute atomic E-state index is 0.138. The molecule has 0 radical (unpaired) electrons. The molecule has 3 unspecified atom stereocenters. The van der Waals surface area contributed by atoms with Gasteiger partial charge < -0.3 is 15.7 Å². The molecule has 0 aliphatic heterocycles. The van der Waals surface area contributed by atoms with Crippen LogP contribution < -0.4 is 10.6 Å². The van der Waals surface area contributed by atoms with Crippen LogP contribution in [0.1, 0.15) is 61.4 Å². The summed E-state index contributed by atoms with van der Waals surface area (Å²) < 4.78 is 27.2. The zero-order chi connectivity index (χ0) is 22.4. The van der Waals surface area contributed by atoms with Crippen LogP contribution in [-0.2, 0) is 24.1 Å². The summed E-state index contributed by atoms with van der Waals surface area (Å²) in [7, 11) is 0. The van der Waals surface area contributed by atoms with Crippen LogP contribution in [0.5, 0.6) is 0 Å². The molecule has 1 aliphatic rings. The quantitative estimate of drug-likeness (QED) is 0.564. The first-order chi connectivity index (χ1) is 14.9. The third-order valence-corrected chi connectivity index (χ3v) is 6.02. The molecule has 0 saturated carbocycles. The average molecular weight is 431 g/mol. The van der Waals surface area contributed by atoms with Crippen LogP contribution in [0.2, 0.25) is 0 Å². The molecule has 0 bridgehead atoms. The van der Waals surface area contributed by atoms with E-state index in [4.69, 9.17) is 0 Å². The van der Waals surface area contributed by atoms with Crippen molar-refractivity contribution in [3.63, 3.8) is 0 Å². The van der Waals surface area contributed by atoms with Gasteiger partial charge in [-0.2, -0.15) is 0 Å². The zero-order valence-corrected chi connectivity index (χ0v) is 18.3. The Kier molecular flexibility index (Phi) is 8.15. The fraction of sp³-hybridized carbons (Fsp3) is 0.480. The molecule has 3 rings (SSSR count). The van der Waals surface area contributed by atoms with Gasteiger partial charge in [0.15, 0.2) is 0 Å². The molecule has 2 aromatic rings. The Balaban J connectivity index is 1.70. The molecule has 1 amide bonds. The summed E-state index contributed by atoms with van der Waals surface area (Å²) in [4.78, 5) is 12.0. The van der Waals surface area contributed by atoms with E-state index in [0.29, 0.717) is 5.56 Å². The zero-order valence-electron chi connectivity index (χ0n) is 18.3. The van der Waals surface area contributed by atoms with Crippen LogP contribution >= 0.6 is 0 Å². The molecule has 4 nitrogen and oxygen atoms in total. The van der Waals surface area contributed by atoms with Gasteiger partial charge in [0.2, 0.25) is 5.91 Å². The first kappa shape index (κ1) is 23.4. The molecule has 1 aliphatic carbocycles. The molecule has 2 aromatic carbocycles. The molecule has 0 aromatic heterocycles. The number of fused-ring (bicyclic) bond motifs is 1. The Labute approximate surface area is 183 Å². The van der Waals surface area contributed by atoms with Crippen LogP contribution in [-0.4, -0.2) is 29.7 Å². The molecule has 3 atom stereocenters. The predicted octanol–water partition coefficient (Wildman–Crippen LogP) is 3.99. The van der Waals surface area contributed by atoms with Crippen LogP contribution in [0, 0.1) is 11.6 Å². The second-order valence-corrected chi connectivity index (χ2v) is 8.32. The van der Waals surface area contributed by atoms with E-state index in [-0.39, 0.29) is 31.3 Å². The normalized spacial score (nSPS) is 17.6. The summed E-state index contributed by atoms with van der Waals surface area (Å²) in [6.07, 6.45) is 3.59. The number of carbonyl (C=O) groups excluding carboxylic acids is 1. The first-order valence-corrected chi connectivity index (χ1v) is 11.2. The molecule has 31 heavy (non-hydrogen) atoms. The van der Waals surface area contributed by atoms with Gasteiger partial charge in [-0.15, -0.1) is 0 Å². The van der Waals surface area contributed by atoms with Crippen molar-refractivity contribution in [1.82, 2.24) is 10.6 Å². The molecular formula is C25H32F2N2O2. The minimum Gasteiger partial charge on any atom is -0.390 e. The lowest BCUT2D eigenvalue weighted by Crippen LogP contribution is -2.49. The number of carbonyl (C=O) groups is 1. The number of benzene rings is 2. The van der Waals surface area contributed by atoms with Crippen molar-refractivity contribution in [1.29, 1.82) is 0 Å². The highest BCUT2D eigenvalue weighted by Gasteiger charge is 2.25. The van der Waals surface area contributed by atoms with Crippen molar-refractivity contribution in [2.45, 2.75) is 70.6 Å². The summed E-state index contributed by atoms with van der Waals surface area (Å²) in [6, 6.07) is 9.38. The second-order valence-electron chi connectivity index (χ2n) is 8.32. The van der Waals surface area contributed by atoms with Crippen molar-refractivity contribution in [2.75, 3.05) is 6.54 Å².